The summed E-state index contributed by atoms with van der Waals surface area (Å²) in [5.74, 6) is -0.453. The van der Waals surface area contributed by atoms with Crippen molar-refractivity contribution in [1.29, 1.82) is 0 Å². The van der Waals surface area contributed by atoms with Crippen molar-refractivity contribution in [1.82, 2.24) is 15.2 Å². The minimum absolute atomic E-state index is 0.0432. The zero-order chi connectivity index (χ0) is 21.4. The Bertz CT molecular complexity index is 895. The number of H-pyrrole nitrogens is 1. The first-order chi connectivity index (χ1) is 14.3. The highest BCUT2D eigenvalue weighted by Gasteiger charge is 2.53. The van der Waals surface area contributed by atoms with Crippen molar-refractivity contribution < 1.29 is 19.1 Å². The first-order valence-corrected chi connectivity index (χ1v) is 10.9. The number of Topliss-reactive ketones (excluding diaryl/α,β-unsaturated/α-hetero) is 1. The number of aromatic amines is 1. The van der Waals surface area contributed by atoms with Crippen molar-refractivity contribution in [2.24, 2.45) is 11.8 Å². The molecule has 2 amide bonds. The van der Waals surface area contributed by atoms with E-state index in [-0.39, 0.29) is 36.5 Å². The second kappa shape index (κ2) is 8.51. The van der Waals surface area contributed by atoms with E-state index in [0.29, 0.717) is 5.92 Å². The van der Waals surface area contributed by atoms with Crippen LogP contribution in [0, 0.1) is 11.8 Å². The van der Waals surface area contributed by atoms with Gasteiger partial charge in [-0.1, -0.05) is 25.8 Å². The van der Waals surface area contributed by atoms with Gasteiger partial charge in [0.25, 0.3) is 5.91 Å². The highest BCUT2D eigenvalue weighted by molar-refractivity contribution is 6.22. The summed E-state index contributed by atoms with van der Waals surface area (Å²) in [5, 5.41) is 2.38. The molecule has 1 aliphatic carbocycles. The normalized spacial score (nSPS) is 32.0. The number of nitrogens with zero attached hydrogens (tertiary/aromatic N) is 1. The second-order valence-electron chi connectivity index (χ2n) is 8.59. The van der Waals surface area contributed by atoms with Crippen LogP contribution in [0.15, 0.2) is 23.0 Å². The lowest BCUT2D eigenvalue weighted by molar-refractivity contribution is -0.139. The maximum atomic E-state index is 13.6. The molecule has 0 radical (unpaired) electrons. The number of likely N-dealkylation sites (tertiary alicyclic amines) is 1. The van der Waals surface area contributed by atoms with Crippen LogP contribution in [0.5, 0.6) is 0 Å². The second-order valence-corrected chi connectivity index (χ2v) is 9.15. The van der Waals surface area contributed by atoms with E-state index in [4.69, 9.17) is 16.3 Å². The molecule has 2 saturated heterocycles. The number of ether oxygens (including phenoxy) is 1. The van der Waals surface area contributed by atoms with Crippen LogP contribution in [-0.4, -0.2) is 64.2 Å². The molecule has 1 saturated carbocycles. The third-order valence-electron chi connectivity index (χ3n) is 6.50. The summed E-state index contributed by atoms with van der Waals surface area (Å²) in [6.45, 7) is 2.34. The predicted octanol–water partition coefficient (Wildman–Crippen LogP) is 1.09. The number of halogens is 1. The third kappa shape index (κ3) is 4.03. The molecule has 4 atom stereocenters. The standard InChI is InChI=1S/C21H26ClN3O5/c1-11-5-7-12(8-6-11)17(24-20(28)14-3-2-4-16(27)23-14)21(29)25-9-13(22)19-18(25)15(26)10-30-19/h2-4,11-13,17-19H,5-10H2,1H3,(H,23,27)(H,24,28)/t11?,12?,13-,17?,18+,19+/m0/s1. The molecule has 1 aromatic rings. The molecule has 3 fully saturated rings. The molecule has 1 unspecified atom stereocenters. The van der Waals surface area contributed by atoms with Gasteiger partial charge >= 0.3 is 0 Å². The van der Waals surface area contributed by atoms with Crippen LogP contribution in [0.25, 0.3) is 0 Å². The summed E-state index contributed by atoms with van der Waals surface area (Å²) in [6, 6.07) is 2.82. The van der Waals surface area contributed by atoms with Gasteiger partial charge in [-0.3, -0.25) is 19.2 Å². The van der Waals surface area contributed by atoms with Gasteiger partial charge in [-0.25, -0.2) is 0 Å². The SMILES string of the molecule is CC1CCC(C(NC(=O)c2cccc(=O)[nH]2)C(=O)N2C[C@H](Cl)[C@H]3OCC(=O)[C@H]32)CC1. The number of alkyl halides is 1. The zero-order valence-electron chi connectivity index (χ0n) is 16.8. The van der Waals surface area contributed by atoms with Crippen molar-refractivity contribution in [2.75, 3.05) is 13.2 Å². The Hall–Kier alpha value is -2.19. The molecule has 0 bridgehead atoms. The van der Waals surface area contributed by atoms with E-state index in [9.17, 15) is 19.2 Å². The lowest BCUT2D eigenvalue weighted by Crippen LogP contribution is -2.55. The van der Waals surface area contributed by atoms with Crippen LogP contribution < -0.4 is 10.9 Å². The summed E-state index contributed by atoms with van der Waals surface area (Å²) in [5.41, 5.74) is -0.294. The Morgan fingerprint density at radius 2 is 1.97 bits per heavy atom. The fourth-order valence-corrected chi connectivity index (χ4v) is 5.16. The molecule has 2 aliphatic heterocycles. The summed E-state index contributed by atoms with van der Waals surface area (Å²) < 4.78 is 5.48. The number of carbonyl (C=O) groups excluding carboxylic acids is 3. The van der Waals surface area contributed by atoms with Gasteiger partial charge in [0, 0.05) is 12.6 Å². The highest BCUT2D eigenvalue weighted by atomic mass is 35.5. The first-order valence-electron chi connectivity index (χ1n) is 10.4. The molecule has 3 heterocycles. The number of nitrogens with one attached hydrogen (secondary N) is 2. The Labute approximate surface area is 179 Å². The summed E-state index contributed by atoms with van der Waals surface area (Å²) >= 11 is 6.35. The van der Waals surface area contributed by atoms with E-state index >= 15 is 0 Å². The van der Waals surface area contributed by atoms with Crippen LogP contribution in [-0.2, 0) is 14.3 Å². The Kier molecular flexibility index (Phi) is 5.97. The molecule has 2 N–H and O–H groups in total. The smallest absolute Gasteiger partial charge is 0.268 e. The van der Waals surface area contributed by atoms with Gasteiger partial charge in [-0.2, -0.15) is 0 Å². The van der Waals surface area contributed by atoms with E-state index in [0.717, 1.165) is 25.7 Å². The van der Waals surface area contributed by atoms with E-state index in [1.54, 1.807) is 0 Å². The summed E-state index contributed by atoms with van der Waals surface area (Å²) in [6.07, 6.45) is 3.05. The molecule has 0 spiro atoms. The van der Waals surface area contributed by atoms with Gasteiger partial charge in [0.1, 0.15) is 30.5 Å². The predicted molar refractivity (Wildman–Crippen MR) is 109 cm³/mol. The van der Waals surface area contributed by atoms with Crippen LogP contribution in [0.3, 0.4) is 0 Å². The number of amides is 2. The molecule has 162 valence electrons. The van der Waals surface area contributed by atoms with Crippen molar-refractivity contribution in [3.8, 4) is 0 Å². The van der Waals surface area contributed by atoms with E-state index < -0.39 is 35.0 Å². The van der Waals surface area contributed by atoms with E-state index in [1.165, 1.54) is 23.1 Å². The van der Waals surface area contributed by atoms with Crippen LogP contribution in [0.4, 0.5) is 0 Å². The van der Waals surface area contributed by atoms with E-state index in [2.05, 4.69) is 17.2 Å². The quantitative estimate of drug-likeness (QED) is 0.688. The summed E-state index contributed by atoms with van der Waals surface area (Å²) in [7, 11) is 0. The summed E-state index contributed by atoms with van der Waals surface area (Å²) in [4.78, 5) is 54.3. The topological polar surface area (TPSA) is 109 Å². The minimum Gasteiger partial charge on any atom is -0.366 e. The number of ketones is 1. The van der Waals surface area contributed by atoms with Crippen molar-refractivity contribution in [3.05, 3.63) is 34.2 Å². The largest absolute Gasteiger partial charge is 0.366 e. The third-order valence-corrected chi connectivity index (χ3v) is 6.89. The molecule has 3 aliphatic rings. The molecule has 30 heavy (non-hydrogen) atoms. The number of carbonyl (C=O) groups is 3. The fourth-order valence-electron chi connectivity index (χ4n) is 4.80. The van der Waals surface area contributed by atoms with Crippen LogP contribution in [0.1, 0.15) is 43.1 Å². The van der Waals surface area contributed by atoms with Crippen molar-refractivity contribution >= 4 is 29.2 Å². The lowest BCUT2D eigenvalue weighted by Gasteiger charge is -2.35. The molecule has 9 heteroatoms. The average Bonchev–Trinajstić information content (AvgIpc) is 3.27. The van der Waals surface area contributed by atoms with Gasteiger partial charge in [0.15, 0.2) is 5.78 Å². The number of hydrogen-bond donors (Lipinski definition) is 2. The number of pyridine rings is 1. The van der Waals surface area contributed by atoms with Crippen LogP contribution in [0.2, 0.25) is 0 Å². The number of fused-ring (bicyclic) bond motifs is 1. The average molecular weight is 436 g/mol. The fraction of sp³-hybridized carbons (Fsp3) is 0.619. The van der Waals surface area contributed by atoms with Crippen LogP contribution >= 0.6 is 11.6 Å². The van der Waals surface area contributed by atoms with Crippen molar-refractivity contribution in [3.63, 3.8) is 0 Å². The Morgan fingerprint density at radius 3 is 2.67 bits per heavy atom. The van der Waals surface area contributed by atoms with Gasteiger partial charge in [-0.05, 0) is 30.7 Å². The molecule has 4 rings (SSSR count). The first kappa shape index (κ1) is 21.1. The minimum atomic E-state index is -0.787. The van der Waals surface area contributed by atoms with Gasteiger partial charge < -0.3 is 19.9 Å². The maximum Gasteiger partial charge on any atom is 0.268 e. The molecule has 0 aromatic carbocycles. The van der Waals surface area contributed by atoms with Gasteiger partial charge in [0.05, 0.1) is 5.38 Å². The number of aromatic nitrogens is 1. The van der Waals surface area contributed by atoms with Gasteiger partial charge in [0.2, 0.25) is 11.5 Å². The lowest BCUT2D eigenvalue weighted by atomic mass is 9.78. The molecular weight excluding hydrogens is 410 g/mol. The Balaban J connectivity index is 1.58. The molecule has 1 aromatic heterocycles. The Morgan fingerprint density at radius 1 is 1.23 bits per heavy atom. The maximum absolute atomic E-state index is 13.6. The van der Waals surface area contributed by atoms with E-state index in [1.807, 2.05) is 0 Å². The monoisotopic (exact) mass is 435 g/mol. The highest BCUT2D eigenvalue weighted by Crippen LogP contribution is 2.35. The number of hydrogen-bond acceptors (Lipinski definition) is 5. The number of rotatable bonds is 4. The van der Waals surface area contributed by atoms with Crippen molar-refractivity contribution in [2.45, 2.75) is 56.2 Å². The molecular formula is C21H26ClN3O5. The van der Waals surface area contributed by atoms with Gasteiger partial charge in [-0.15, -0.1) is 11.6 Å². The molecule has 8 nitrogen and oxygen atoms in total. The zero-order valence-corrected chi connectivity index (χ0v) is 17.6.